The summed E-state index contributed by atoms with van der Waals surface area (Å²) in [6.45, 7) is 3.15. The van der Waals surface area contributed by atoms with Crippen LogP contribution in [0.15, 0.2) is 78.9 Å². The number of sulfone groups is 1. The number of benzene rings is 3. The Labute approximate surface area is 287 Å². The maximum absolute atomic E-state index is 14.0. The topological polar surface area (TPSA) is 157 Å². The normalized spacial score (nSPS) is 14.1. The van der Waals surface area contributed by atoms with Crippen LogP contribution in [0.5, 0.6) is 0 Å². The van der Waals surface area contributed by atoms with E-state index in [1.54, 1.807) is 54.6 Å². The van der Waals surface area contributed by atoms with Crippen LogP contribution in [0.3, 0.4) is 0 Å². The lowest BCUT2D eigenvalue weighted by atomic mass is 10.0. The first-order chi connectivity index (χ1) is 23.4. The Hall–Kier alpha value is -3.91. The minimum atomic E-state index is -3.92. The van der Waals surface area contributed by atoms with Gasteiger partial charge in [0.25, 0.3) is 0 Å². The molecule has 0 bridgehead atoms. The number of esters is 1. The van der Waals surface area contributed by atoms with E-state index < -0.39 is 68.8 Å². The van der Waals surface area contributed by atoms with Crippen molar-refractivity contribution in [1.29, 1.82) is 0 Å². The summed E-state index contributed by atoms with van der Waals surface area (Å²) in [5, 5.41) is 14.8. The molecule has 0 saturated carbocycles. The molecule has 0 spiro atoms. The number of hydrogen-bond acceptors (Lipinski definition) is 9. The first kappa shape index (κ1) is 39.5. The molecule has 3 aromatic carbocycles. The van der Waals surface area contributed by atoms with Crippen molar-refractivity contribution >= 4 is 21.9 Å². The fourth-order valence-electron chi connectivity index (χ4n) is 5.47. The summed E-state index contributed by atoms with van der Waals surface area (Å²) in [6.07, 6.45) is -0.383. The number of carbonyl (C=O) groups excluding carboxylic acids is 2. The number of nitrogens with two attached hydrogens (primary N) is 1. The van der Waals surface area contributed by atoms with E-state index in [9.17, 15) is 31.9 Å². The van der Waals surface area contributed by atoms with E-state index in [1.807, 2.05) is 19.9 Å². The molecule has 268 valence electrons. The zero-order chi connectivity index (χ0) is 35.8. The third kappa shape index (κ3) is 13.1. The van der Waals surface area contributed by atoms with Gasteiger partial charge in [-0.05, 0) is 48.1 Å². The Morgan fingerprint density at radius 1 is 0.898 bits per heavy atom. The number of aliphatic hydroxyl groups excluding tert-OH is 1. The van der Waals surface area contributed by atoms with Crippen molar-refractivity contribution in [3.05, 3.63) is 107 Å². The lowest BCUT2D eigenvalue weighted by Crippen LogP contribution is -2.52. The van der Waals surface area contributed by atoms with Gasteiger partial charge in [0.15, 0.2) is 9.84 Å². The SMILES string of the molecule is CCCC(CCC)S(=O)(=O)C[C@@H](NC(=O)OCc1ccccc1)C(=O)O[C@H](CN[C@@H](CO)c1ccccc1)[C@@H](N)Cc1cc(F)cc(F)c1. The van der Waals surface area contributed by atoms with E-state index in [1.165, 1.54) is 0 Å². The Kier molecular flexibility index (Phi) is 16.1. The summed E-state index contributed by atoms with van der Waals surface area (Å²) in [7, 11) is -3.92. The summed E-state index contributed by atoms with van der Waals surface area (Å²) in [6, 6.07) is 17.4. The number of amides is 1. The van der Waals surface area contributed by atoms with Crippen molar-refractivity contribution in [3.8, 4) is 0 Å². The molecule has 0 aliphatic heterocycles. The fraction of sp³-hybridized carbons (Fsp3) is 0.444. The van der Waals surface area contributed by atoms with Gasteiger partial charge in [0.1, 0.15) is 30.4 Å². The summed E-state index contributed by atoms with van der Waals surface area (Å²) in [4.78, 5) is 26.7. The Morgan fingerprint density at radius 2 is 1.49 bits per heavy atom. The molecule has 3 rings (SSSR count). The molecule has 0 aliphatic rings. The van der Waals surface area contributed by atoms with Crippen molar-refractivity contribution < 1.29 is 41.4 Å². The fourth-order valence-corrected chi connectivity index (χ4v) is 7.61. The molecule has 5 N–H and O–H groups in total. The number of aliphatic hydroxyl groups is 1. The van der Waals surface area contributed by atoms with E-state index >= 15 is 0 Å². The number of nitrogens with one attached hydrogen (secondary N) is 2. The van der Waals surface area contributed by atoms with Crippen LogP contribution in [0.2, 0.25) is 0 Å². The van der Waals surface area contributed by atoms with Crippen LogP contribution in [0.25, 0.3) is 0 Å². The summed E-state index contributed by atoms with van der Waals surface area (Å²) in [5.41, 5.74) is 8.10. The molecule has 0 radical (unpaired) electrons. The molecule has 13 heteroatoms. The highest BCUT2D eigenvalue weighted by atomic mass is 32.2. The minimum Gasteiger partial charge on any atom is -0.458 e. The number of ether oxygens (including phenoxy) is 2. The zero-order valence-corrected chi connectivity index (χ0v) is 28.7. The van der Waals surface area contributed by atoms with Gasteiger partial charge in [0.05, 0.1) is 23.7 Å². The van der Waals surface area contributed by atoms with Crippen molar-refractivity contribution in [3.63, 3.8) is 0 Å². The zero-order valence-electron chi connectivity index (χ0n) is 27.9. The van der Waals surface area contributed by atoms with Gasteiger partial charge in [-0.3, -0.25) is 0 Å². The average Bonchev–Trinajstić information content (AvgIpc) is 3.07. The molecule has 10 nitrogen and oxygen atoms in total. The quantitative estimate of drug-likeness (QED) is 0.122. The highest BCUT2D eigenvalue weighted by molar-refractivity contribution is 7.92. The molecule has 1 amide bonds. The minimum absolute atomic E-state index is 0.117. The molecule has 0 fully saturated rings. The number of halogens is 2. The van der Waals surface area contributed by atoms with Crippen LogP contribution in [-0.2, 0) is 37.1 Å². The highest BCUT2D eigenvalue weighted by Crippen LogP contribution is 2.19. The van der Waals surface area contributed by atoms with Crippen molar-refractivity contribution in [1.82, 2.24) is 10.6 Å². The average molecular weight is 704 g/mol. The first-order valence-electron chi connectivity index (χ1n) is 16.4. The molecule has 0 unspecified atom stereocenters. The highest BCUT2D eigenvalue weighted by Gasteiger charge is 2.35. The van der Waals surface area contributed by atoms with Crippen LogP contribution in [-0.4, -0.2) is 67.9 Å². The number of carbonyl (C=O) groups is 2. The summed E-state index contributed by atoms with van der Waals surface area (Å²) >= 11 is 0. The molecule has 0 heterocycles. The molecular formula is C36H47F2N3O7S. The third-order valence-electron chi connectivity index (χ3n) is 8.01. The predicted molar refractivity (Wildman–Crippen MR) is 183 cm³/mol. The molecule has 4 atom stereocenters. The maximum atomic E-state index is 14.0. The van der Waals surface area contributed by atoms with Crippen LogP contribution >= 0.6 is 0 Å². The number of alkyl carbamates (subject to hydrolysis) is 1. The standard InChI is InChI=1S/C36H47F2N3O7S/c1-3-11-30(12-4-2)49(45,46)24-33(41-36(44)47-23-25-13-7-5-8-14-25)35(43)48-34(21-40-32(22-42)27-15-9-6-10-16-27)31(39)19-26-17-28(37)20-29(38)18-26/h5-10,13-18,20,30-34,40,42H,3-4,11-12,19,21-24,39H2,1-2H3,(H,41,44)/t31-,32-,33+,34+/m0/s1. The van der Waals surface area contributed by atoms with Gasteiger partial charge >= 0.3 is 12.1 Å². The Bertz CT molecular complexity index is 1540. The Morgan fingerprint density at radius 3 is 2.06 bits per heavy atom. The predicted octanol–water partition coefficient (Wildman–Crippen LogP) is 4.75. The first-order valence-corrected chi connectivity index (χ1v) is 18.2. The number of rotatable bonds is 20. The van der Waals surface area contributed by atoms with E-state index in [-0.39, 0.29) is 31.7 Å². The van der Waals surface area contributed by atoms with Gasteiger partial charge in [0, 0.05) is 18.7 Å². The van der Waals surface area contributed by atoms with Crippen molar-refractivity contribution in [2.45, 2.75) is 82.0 Å². The monoisotopic (exact) mass is 703 g/mol. The Balaban J connectivity index is 1.88. The van der Waals surface area contributed by atoms with Crippen LogP contribution in [0.4, 0.5) is 13.6 Å². The molecule has 3 aromatic rings. The van der Waals surface area contributed by atoms with Gasteiger partial charge in [-0.1, -0.05) is 87.4 Å². The number of hydrogen-bond donors (Lipinski definition) is 4. The van der Waals surface area contributed by atoms with E-state index in [0.717, 1.165) is 23.8 Å². The second kappa shape index (κ2) is 19.9. The van der Waals surface area contributed by atoms with Crippen LogP contribution in [0, 0.1) is 11.6 Å². The molecule has 0 aromatic heterocycles. The van der Waals surface area contributed by atoms with Gasteiger partial charge in [-0.25, -0.2) is 26.8 Å². The van der Waals surface area contributed by atoms with Gasteiger partial charge < -0.3 is 30.9 Å². The van der Waals surface area contributed by atoms with E-state index in [0.29, 0.717) is 31.2 Å². The molecule has 0 saturated heterocycles. The van der Waals surface area contributed by atoms with Gasteiger partial charge in [-0.2, -0.15) is 0 Å². The molecule has 49 heavy (non-hydrogen) atoms. The van der Waals surface area contributed by atoms with Crippen molar-refractivity contribution in [2.75, 3.05) is 18.9 Å². The van der Waals surface area contributed by atoms with Gasteiger partial charge in [0.2, 0.25) is 0 Å². The lowest BCUT2D eigenvalue weighted by molar-refractivity contribution is -0.152. The summed E-state index contributed by atoms with van der Waals surface area (Å²) in [5.74, 6) is -3.45. The second-order valence-corrected chi connectivity index (χ2v) is 14.3. The molecule has 0 aliphatic carbocycles. The van der Waals surface area contributed by atoms with Crippen LogP contribution < -0.4 is 16.4 Å². The van der Waals surface area contributed by atoms with Crippen LogP contribution in [0.1, 0.15) is 62.3 Å². The molecular weight excluding hydrogens is 656 g/mol. The van der Waals surface area contributed by atoms with Crippen molar-refractivity contribution in [2.24, 2.45) is 5.73 Å². The second-order valence-electron chi connectivity index (χ2n) is 12.0. The third-order valence-corrected chi connectivity index (χ3v) is 10.3. The maximum Gasteiger partial charge on any atom is 0.408 e. The van der Waals surface area contributed by atoms with E-state index in [2.05, 4.69) is 10.6 Å². The van der Waals surface area contributed by atoms with Gasteiger partial charge in [-0.15, -0.1) is 0 Å². The van der Waals surface area contributed by atoms with E-state index in [4.69, 9.17) is 15.2 Å². The summed E-state index contributed by atoms with van der Waals surface area (Å²) < 4.78 is 66.3. The smallest absolute Gasteiger partial charge is 0.408 e. The lowest BCUT2D eigenvalue weighted by Gasteiger charge is -2.29. The largest absolute Gasteiger partial charge is 0.458 e.